The summed E-state index contributed by atoms with van der Waals surface area (Å²) in [5, 5.41) is 3.04. The van der Waals surface area contributed by atoms with Gasteiger partial charge in [0.1, 0.15) is 4.21 Å². The SMILES string of the molecule is CCOCCN(C)S(=O)(=O)c1cc(C)c(CNC)s1. The first-order valence-electron chi connectivity index (χ1n) is 6.21. The summed E-state index contributed by atoms with van der Waals surface area (Å²) in [5.74, 6) is 0. The number of ether oxygens (including phenoxy) is 1. The fraction of sp³-hybridized carbons (Fsp3) is 0.667. The summed E-state index contributed by atoms with van der Waals surface area (Å²) in [7, 11) is 0.0379. The third kappa shape index (κ3) is 4.25. The van der Waals surface area contributed by atoms with E-state index in [2.05, 4.69) is 5.32 Å². The molecule has 0 saturated heterocycles. The lowest BCUT2D eigenvalue weighted by Gasteiger charge is -2.15. The molecular formula is C12H22N2O3S2. The third-order valence-corrected chi connectivity index (χ3v) is 6.30. The molecule has 0 bridgehead atoms. The first kappa shape index (κ1) is 16.6. The molecule has 0 unspecified atom stereocenters. The van der Waals surface area contributed by atoms with E-state index in [0.29, 0.717) is 30.5 Å². The number of likely N-dealkylation sites (N-methyl/N-ethyl adjacent to an activating group) is 1. The van der Waals surface area contributed by atoms with E-state index in [1.165, 1.54) is 15.6 Å². The summed E-state index contributed by atoms with van der Waals surface area (Å²) in [6.07, 6.45) is 0. The van der Waals surface area contributed by atoms with Gasteiger partial charge in [-0.1, -0.05) is 0 Å². The Labute approximate surface area is 119 Å². The zero-order chi connectivity index (χ0) is 14.5. The van der Waals surface area contributed by atoms with Crippen molar-refractivity contribution in [3.05, 3.63) is 16.5 Å². The maximum atomic E-state index is 12.4. The van der Waals surface area contributed by atoms with Crippen LogP contribution in [-0.2, 0) is 21.3 Å². The van der Waals surface area contributed by atoms with Crippen molar-refractivity contribution in [1.82, 2.24) is 9.62 Å². The number of hydrogen-bond donors (Lipinski definition) is 1. The quantitative estimate of drug-likeness (QED) is 0.738. The average Bonchev–Trinajstić information content (AvgIpc) is 2.72. The molecule has 5 nitrogen and oxygen atoms in total. The normalized spacial score (nSPS) is 12.3. The highest BCUT2D eigenvalue weighted by Crippen LogP contribution is 2.27. The van der Waals surface area contributed by atoms with E-state index in [0.717, 1.165) is 10.4 Å². The van der Waals surface area contributed by atoms with Crippen molar-refractivity contribution in [1.29, 1.82) is 0 Å². The summed E-state index contributed by atoms with van der Waals surface area (Å²) in [5.41, 5.74) is 1.01. The van der Waals surface area contributed by atoms with Crippen molar-refractivity contribution in [3.8, 4) is 0 Å². The smallest absolute Gasteiger partial charge is 0.252 e. The highest BCUT2D eigenvalue weighted by atomic mass is 32.2. The van der Waals surface area contributed by atoms with Gasteiger partial charge in [-0.25, -0.2) is 8.42 Å². The van der Waals surface area contributed by atoms with Gasteiger partial charge in [-0.3, -0.25) is 0 Å². The molecule has 1 rings (SSSR count). The number of thiophene rings is 1. The predicted molar refractivity (Wildman–Crippen MR) is 78.1 cm³/mol. The van der Waals surface area contributed by atoms with E-state index < -0.39 is 10.0 Å². The van der Waals surface area contributed by atoms with Gasteiger partial charge in [-0.15, -0.1) is 11.3 Å². The standard InChI is InChI=1S/C12H22N2O3S2/c1-5-17-7-6-14(4)19(15,16)12-8-10(2)11(18-12)9-13-3/h8,13H,5-7,9H2,1-4H3. The Kier molecular flexibility index (Phi) is 6.41. The predicted octanol–water partition coefficient (Wildman–Crippen LogP) is 1.43. The van der Waals surface area contributed by atoms with Crippen LogP contribution in [0.2, 0.25) is 0 Å². The summed E-state index contributed by atoms with van der Waals surface area (Å²) < 4.78 is 31.6. The highest BCUT2D eigenvalue weighted by Gasteiger charge is 2.23. The maximum absolute atomic E-state index is 12.4. The number of nitrogens with one attached hydrogen (secondary N) is 1. The Balaban J connectivity index is 2.84. The molecule has 1 heterocycles. The molecule has 0 radical (unpaired) electrons. The van der Waals surface area contributed by atoms with Crippen LogP contribution in [0.1, 0.15) is 17.4 Å². The molecule has 0 fully saturated rings. The topological polar surface area (TPSA) is 58.6 Å². The van der Waals surface area contributed by atoms with E-state index in [9.17, 15) is 8.42 Å². The monoisotopic (exact) mass is 306 g/mol. The van der Waals surface area contributed by atoms with E-state index in [-0.39, 0.29) is 0 Å². The zero-order valence-electron chi connectivity index (χ0n) is 11.9. The van der Waals surface area contributed by atoms with Crippen molar-refractivity contribution in [2.45, 2.75) is 24.6 Å². The third-order valence-electron chi connectivity index (χ3n) is 2.75. The second-order valence-electron chi connectivity index (χ2n) is 4.23. The van der Waals surface area contributed by atoms with Gasteiger partial charge in [0.05, 0.1) is 6.61 Å². The van der Waals surface area contributed by atoms with Crippen LogP contribution in [-0.4, -0.2) is 46.6 Å². The first-order chi connectivity index (χ1) is 8.93. The van der Waals surface area contributed by atoms with Gasteiger partial charge in [0.15, 0.2) is 0 Å². The van der Waals surface area contributed by atoms with Gasteiger partial charge < -0.3 is 10.1 Å². The molecule has 110 valence electrons. The van der Waals surface area contributed by atoms with Gasteiger partial charge in [-0.2, -0.15) is 4.31 Å². The van der Waals surface area contributed by atoms with Crippen LogP contribution in [0.5, 0.6) is 0 Å². The molecule has 1 N–H and O–H groups in total. The zero-order valence-corrected chi connectivity index (χ0v) is 13.5. The number of aryl methyl sites for hydroxylation is 1. The van der Waals surface area contributed by atoms with E-state index in [1.54, 1.807) is 13.1 Å². The van der Waals surface area contributed by atoms with Crippen molar-refractivity contribution < 1.29 is 13.2 Å². The molecule has 1 aromatic rings. The molecule has 0 aliphatic carbocycles. The molecule has 0 spiro atoms. The molecule has 1 aromatic heterocycles. The van der Waals surface area contributed by atoms with Gasteiger partial charge >= 0.3 is 0 Å². The summed E-state index contributed by atoms with van der Waals surface area (Å²) >= 11 is 1.33. The van der Waals surface area contributed by atoms with Gasteiger partial charge in [0, 0.05) is 31.6 Å². The van der Waals surface area contributed by atoms with Crippen LogP contribution in [0.3, 0.4) is 0 Å². The minimum absolute atomic E-state index is 0.370. The maximum Gasteiger partial charge on any atom is 0.252 e. The largest absolute Gasteiger partial charge is 0.380 e. The number of rotatable bonds is 8. The number of sulfonamides is 1. The Hall–Kier alpha value is -0.470. The van der Waals surface area contributed by atoms with Crippen molar-refractivity contribution in [2.75, 3.05) is 33.9 Å². The summed E-state index contributed by atoms with van der Waals surface area (Å²) in [4.78, 5) is 1.05. The Morgan fingerprint density at radius 2 is 2.16 bits per heavy atom. The second-order valence-corrected chi connectivity index (χ2v) is 7.63. The fourth-order valence-corrected chi connectivity index (χ4v) is 4.53. The molecule has 7 heteroatoms. The molecule has 0 aliphatic heterocycles. The van der Waals surface area contributed by atoms with Gasteiger partial charge in [0.2, 0.25) is 0 Å². The first-order valence-corrected chi connectivity index (χ1v) is 8.47. The van der Waals surface area contributed by atoms with Crippen LogP contribution in [0.25, 0.3) is 0 Å². The van der Waals surface area contributed by atoms with Crippen LogP contribution in [0, 0.1) is 6.92 Å². The Morgan fingerprint density at radius 3 is 2.74 bits per heavy atom. The van der Waals surface area contributed by atoms with Gasteiger partial charge in [-0.05, 0) is 32.5 Å². The summed E-state index contributed by atoms with van der Waals surface area (Å²) in [6.45, 7) is 5.89. The van der Waals surface area contributed by atoms with Crippen molar-refractivity contribution in [2.24, 2.45) is 0 Å². The minimum atomic E-state index is -3.40. The number of hydrogen-bond acceptors (Lipinski definition) is 5. The van der Waals surface area contributed by atoms with Gasteiger partial charge in [0.25, 0.3) is 10.0 Å². The number of nitrogens with zero attached hydrogens (tertiary/aromatic N) is 1. The Morgan fingerprint density at radius 1 is 1.47 bits per heavy atom. The molecule has 0 aliphatic rings. The van der Waals surface area contributed by atoms with E-state index in [1.807, 2.05) is 20.9 Å². The van der Waals surface area contributed by atoms with Crippen LogP contribution >= 0.6 is 11.3 Å². The van der Waals surface area contributed by atoms with Crippen LogP contribution < -0.4 is 5.32 Å². The molecule has 0 saturated carbocycles. The fourth-order valence-electron chi connectivity index (χ4n) is 1.56. The molecule has 0 atom stereocenters. The lowest BCUT2D eigenvalue weighted by atomic mass is 10.3. The molecular weight excluding hydrogens is 284 g/mol. The minimum Gasteiger partial charge on any atom is -0.380 e. The van der Waals surface area contributed by atoms with Crippen LogP contribution in [0.4, 0.5) is 0 Å². The molecule has 19 heavy (non-hydrogen) atoms. The molecule has 0 aromatic carbocycles. The van der Waals surface area contributed by atoms with E-state index in [4.69, 9.17) is 4.74 Å². The lowest BCUT2D eigenvalue weighted by Crippen LogP contribution is -2.29. The second kappa shape index (κ2) is 7.35. The van der Waals surface area contributed by atoms with Crippen molar-refractivity contribution >= 4 is 21.4 Å². The van der Waals surface area contributed by atoms with Crippen molar-refractivity contribution in [3.63, 3.8) is 0 Å². The molecule has 0 amide bonds. The average molecular weight is 306 g/mol. The van der Waals surface area contributed by atoms with Crippen LogP contribution in [0.15, 0.2) is 10.3 Å². The Bertz CT molecular complexity index is 497. The van der Waals surface area contributed by atoms with E-state index >= 15 is 0 Å². The lowest BCUT2D eigenvalue weighted by molar-refractivity contribution is 0.138. The highest BCUT2D eigenvalue weighted by molar-refractivity contribution is 7.91. The summed E-state index contributed by atoms with van der Waals surface area (Å²) in [6, 6.07) is 1.74.